The number of halogens is 2. The quantitative estimate of drug-likeness (QED) is 0.659. The van der Waals surface area contributed by atoms with Gasteiger partial charge in [-0.3, -0.25) is 0 Å². The molecule has 0 bridgehead atoms. The van der Waals surface area contributed by atoms with Crippen molar-refractivity contribution in [1.29, 1.82) is 5.26 Å². The van der Waals surface area contributed by atoms with Gasteiger partial charge in [-0.05, 0) is 43.2 Å². The summed E-state index contributed by atoms with van der Waals surface area (Å²) in [6.07, 6.45) is 0.151. The second-order valence-corrected chi connectivity index (χ2v) is 6.77. The van der Waals surface area contributed by atoms with E-state index in [0.717, 1.165) is 0 Å². The van der Waals surface area contributed by atoms with Crippen LogP contribution in [0.4, 0.5) is 8.78 Å². The molecule has 3 nitrogen and oxygen atoms in total. The number of alkyl halides is 2. The zero-order valence-corrected chi connectivity index (χ0v) is 13.8. The minimum absolute atomic E-state index is 0.132. The lowest BCUT2D eigenvalue weighted by Crippen LogP contribution is -2.23. The third-order valence-electron chi connectivity index (χ3n) is 3.32. The van der Waals surface area contributed by atoms with Crippen LogP contribution in [0.1, 0.15) is 24.8 Å². The molecule has 2 rings (SSSR count). The van der Waals surface area contributed by atoms with Gasteiger partial charge in [-0.1, -0.05) is 24.3 Å². The minimum atomic E-state index is -3.26. The van der Waals surface area contributed by atoms with E-state index in [9.17, 15) is 13.0 Å². The number of nitrogens with zero attached hydrogens (tertiary/aromatic N) is 1. The fourth-order valence-electron chi connectivity index (χ4n) is 2.09. The van der Waals surface area contributed by atoms with E-state index >= 15 is 0 Å². The van der Waals surface area contributed by atoms with Crippen molar-refractivity contribution in [3.8, 4) is 11.8 Å². The summed E-state index contributed by atoms with van der Waals surface area (Å²) in [5, 5.41) is 5.53. The number of hydrogen-bond donors (Lipinski definition) is 0. The van der Waals surface area contributed by atoms with E-state index in [1.807, 2.05) is 6.07 Å². The molecule has 0 aliphatic heterocycles. The molecule has 6 heteroatoms. The Morgan fingerprint density at radius 3 is 2.54 bits per heavy atom. The van der Waals surface area contributed by atoms with E-state index in [1.165, 1.54) is 12.1 Å². The molecular formula is C18H17F2NO2S. The highest BCUT2D eigenvalue weighted by atomic mass is 32.2. The molecule has 0 saturated carbocycles. The van der Waals surface area contributed by atoms with Crippen LogP contribution < -0.4 is 4.74 Å². The Labute approximate surface area is 142 Å². The number of benzene rings is 2. The first-order chi connectivity index (χ1) is 11.5. The van der Waals surface area contributed by atoms with Crippen LogP contribution >= 0.6 is 0 Å². The Balaban J connectivity index is 1.77. The molecule has 0 amide bonds. The van der Waals surface area contributed by atoms with Gasteiger partial charge in [-0.2, -0.15) is 14.0 Å². The molecule has 0 N–H and O–H groups in total. The van der Waals surface area contributed by atoms with Crippen molar-refractivity contribution in [3.05, 3.63) is 60.2 Å². The Bertz CT molecular complexity index is 729. The van der Waals surface area contributed by atoms with Gasteiger partial charge in [-0.25, -0.2) is 4.21 Å². The standard InChI is InChI=1S/C18H17F2NO2S/c19-18(20,24(22)17-9-2-1-3-10-17)11-4-5-12-23-16-8-6-7-15(13-16)14-21/h1-3,6-10,13H,4-5,11-12H2. The van der Waals surface area contributed by atoms with Crippen LogP contribution in [0.25, 0.3) is 0 Å². The average molecular weight is 349 g/mol. The van der Waals surface area contributed by atoms with Gasteiger partial charge in [-0.15, -0.1) is 0 Å². The summed E-state index contributed by atoms with van der Waals surface area (Å²) < 4.78 is 45.3. The van der Waals surface area contributed by atoms with Crippen LogP contribution in [0.3, 0.4) is 0 Å². The molecule has 0 radical (unpaired) electrons. The first kappa shape index (κ1) is 18.1. The van der Waals surface area contributed by atoms with Crippen molar-refractivity contribution in [2.75, 3.05) is 6.61 Å². The van der Waals surface area contributed by atoms with Gasteiger partial charge in [0.05, 0.1) is 18.2 Å². The van der Waals surface area contributed by atoms with Crippen LogP contribution in [0.5, 0.6) is 5.75 Å². The molecule has 24 heavy (non-hydrogen) atoms. The molecule has 2 aromatic rings. The third-order valence-corrected chi connectivity index (χ3v) is 4.77. The molecule has 2 aromatic carbocycles. The summed E-state index contributed by atoms with van der Waals surface area (Å²) in [5.41, 5.74) is 0.484. The highest BCUT2D eigenvalue weighted by Gasteiger charge is 2.37. The van der Waals surface area contributed by atoms with Crippen LogP contribution in [-0.4, -0.2) is 16.1 Å². The molecule has 0 aliphatic rings. The van der Waals surface area contributed by atoms with Gasteiger partial charge in [0, 0.05) is 11.3 Å². The summed E-state index contributed by atoms with van der Waals surface area (Å²) in [5.74, 6) is 0.536. The number of unbranched alkanes of at least 4 members (excludes halogenated alkanes) is 1. The van der Waals surface area contributed by atoms with Crippen LogP contribution in [0.15, 0.2) is 59.5 Å². The lowest BCUT2D eigenvalue weighted by Gasteiger charge is -2.15. The monoisotopic (exact) mass is 349 g/mol. The van der Waals surface area contributed by atoms with Crippen molar-refractivity contribution in [2.45, 2.75) is 29.4 Å². The van der Waals surface area contributed by atoms with Crippen molar-refractivity contribution in [1.82, 2.24) is 0 Å². The Hall–Kier alpha value is -2.26. The van der Waals surface area contributed by atoms with Crippen molar-refractivity contribution >= 4 is 10.8 Å². The second-order valence-electron chi connectivity index (χ2n) is 5.16. The Morgan fingerprint density at radius 2 is 1.83 bits per heavy atom. The second kappa shape index (κ2) is 8.55. The number of hydrogen-bond acceptors (Lipinski definition) is 3. The van der Waals surface area contributed by atoms with Gasteiger partial charge < -0.3 is 4.74 Å². The molecule has 0 fully saturated rings. The average Bonchev–Trinajstić information content (AvgIpc) is 2.61. The van der Waals surface area contributed by atoms with Gasteiger partial charge in [0.25, 0.3) is 0 Å². The first-order valence-electron chi connectivity index (χ1n) is 7.50. The number of ether oxygens (including phenoxy) is 1. The highest BCUT2D eigenvalue weighted by molar-refractivity contribution is 7.86. The van der Waals surface area contributed by atoms with E-state index in [4.69, 9.17) is 10.00 Å². The SMILES string of the molecule is N#Cc1cccc(OCCCCC(F)(F)S(=O)c2ccccc2)c1. The zero-order chi connectivity index (χ0) is 17.4. The van der Waals surface area contributed by atoms with Crippen LogP contribution in [0, 0.1) is 11.3 Å². The van der Waals surface area contributed by atoms with Crippen LogP contribution in [-0.2, 0) is 10.8 Å². The maximum absolute atomic E-state index is 14.0. The predicted molar refractivity (Wildman–Crippen MR) is 88.3 cm³/mol. The molecule has 1 unspecified atom stereocenters. The Morgan fingerprint density at radius 1 is 1.08 bits per heavy atom. The molecule has 0 saturated heterocycles. The summed E-state index contributed by atoms with van der Waals surface area (Å²) in [6, 6.07) is 16.4. The van der Waals surface area contributed by atoms with Gasteiger partial charge in [0.2, 0.25) is 0 Å². The van der Waals surface area contributed by atoms with Gasteiger partial charge in [0.15, 0.2) is 0 Å². The molecule has 1 atom stereocenters. The van der Waals surface area contributed by atoms with Gasteiger partial charge in [0.1, 0.15) is 16.5 Å². The predicted octanol–water partition coefficient (Wildman–Crippen LogP) is 4.51. The molecule has 126 valence electrons. The maximum atomic E-state index is 14.0. The molecule has 0 aromatic heterocycles. The topological polar surface area (TPSA) is 50.1 Å². The minimum Gasteiger partial charge on any atom is -0.494 e. The van der Waals surface area contributed by atoms with Crippen molar-refractivity contribution in [2.24, 2.45) is 0 Å². The fraction of sp³-hybridized carbons (Fsp3) is 0.278. The van der Waals surface area contributed by atoms with Crippen molar-refractivity contribution in [3.63, 3.8) is 0 Å². The van der Waals surface area contributed by atoms with Gasteiger partial charge >= 0.3 is 5.25 Å². The van der Waals surface area contributed by atoms with E-state index in [-0.39, 0.29) is 17.9 Å². The molecule has 0 spiro atoms. The van der Waals surface area contributed by atoms with Crippen molar-refractivity contribution < 1.29 is 17.7 Å². The summed E-state index contributed by atoms with van der Waals surface area (Å²) in [4.78, 5) is 0.132. The molecule has 0 heterocycles. The number of nitriles is 1. The van der Waals surface area contributed by atoms with E-state index in [2.05, 4.69) is 0 Å². The highest BCUT2D eigenvalue weighted by Crippen LogP contribution is 2.30. The normalized spacial score (nSPS) is 12.4. The zero-order valence-electron chi connectivity index (χ0n) is 13.0. The summed E-state index contributed by atoms with van der Waals surface area (Å²) >= 11 is 0. The summed E-state index contributed by atoms with van der Waals surface area (Å²) in [6.45, 7) is 0.267. The smallest absolute Gasteiger partial charge is 0.325 e. The Kier molecular flexibility index (Phi) is 6.44. The lowest BCUT2D eigenvalue weighted by molar-refractivity contribution is 0.0841. The van der Waals surface area contributed by atoms with Crippen LogP contribution in [0.2, 0.25) is 0 Å². The molecule has 0 aliphatic carbocycles. The fourth-order valence-corrected chi connectivity index (χ4v) is 3.17. The maximum Gasteiger partial charge on any atom is 0.325 e. The number of rotatable bonds is 8. The van der Waals surface area contributed by atoms with E-state index in [1.54, 1.807) is 42.5 Å². The first-order valence-corrected chi connectivity index (χ1v) is 8.65. The largest absolute Gasteiger partial charge is 0.494 e. The lowest BCUT2D eigenvalue weighted by atomic mass is 10.2. The molecular weight excluding hydrogens is 332 g/mol. The third kappa shape index (κ3) is 5.14. The van der Waals surface area contributed by atoms with E-state index in [0.29, 0.717) is 17.7 Å². The summed E-state index contributed by atoms with van der Waals surface area (Å²) in [7, 11) is -2.35. The van der Waals surface area contributed by atoms with E-state index < -0.39 is 22.5 Å².